The Morgan fingerprint density at radius 2 is 1.90 bits per heavy atom. The van der Waals surface area contributed by atoms with Crippen molar-refractivity contribution < 1.29 is 14.4 Å². The van der Waals surface area contributed by atoms with Crippen molar-refractivity contribution in [3.8, 4) is 5.75 Å². The fraction of sp³-hybridized carbons (Fsp3) is 0.400. The van der Waals surface area contributed by atoms with Crippen LogP contribution in [0.3, 0.4) is 0 Å². The first-order chi connectivity index (χ1) is 14.6. The zero-order chi connectivity index (χ0) is 20.9. The van der Waals surface area contributed by atoms with E-state index in [1.807, 2.05) is 18.2 Å². The molecular formula is C25H32N3O2+. The van der Waals surface area contributed by atoms with E-state index in [0.717, 1.165) is 30.3 Å². The third-order valence-corrected chi connectivity index (χ3v) is 6.41. The second-order valence-electron chi connectivity index (χ2n) is 8.53. The van der Waals surface area contributed by atoms with Gasteiger partial charge in [0.25, 0.3) is 5.91 Å². The summed E-state index contributed by atoms with van der Waals surface area (Å²) in [7, 11) is 1.68. The van der Waals surface area contributed by atoms with E-state index >= 15 is 0 Å². The maximum Gasteiger partial charge on any atom is 0.275 e. The van der Waals surface area contributed by atoms with Gasteiger partial charge in [0.05, 0.1) is 20.2 Å². The van der Waals surface area contributed by atoms with E-state index in [2.05, 4.69) is 53.8 Å². The molecule has 0 unspecified atom stereocenters. The summed E-state index contributed by atoms with van der Waals surface area (Å²) in [6.07, 6.45) is 4.50. The van der Waals surface area contributed by atoms with Crippen molar-refractivity contribution in [1.29, 1.82) is 0 Å². The summed E-state index contributed by atoms with van der Waals surface area (Å²) < 4.78 is 5.32. The number of hydrogen-bond acceptors (Lipinski definition) is 2. The Morgan fingerprint density at radius 3 is 2.63 bits per heavy atom. The SMILES string of the molecule is COc1ccc([C@@H](CNC(=O)C[NH+]2CCC(C)CC2)c2c[nH]c3ccccc23)cc1. The molecule has 1 aliphatic rings. The smallest absolute Gasteiger partial charge is 0.275 e. The molecule has 1 amide bonds. The van der Waals surface area contributed by atoms with Gasteiger partial charge < -0.3 is 19.9 Å². The summed E-state index contributed by atoms with van der Waals surface area (Å²) in [5, 5.41) is 4.41. The first-order valence-electron chi connectivity index (χ1n) is 10.9. The molecule has 2 aromatic carbocycles. The van der Waals surface area contributed by atoms with Crippen LogP contribution in [0.1, 0.15) is 36.8 Å². The number of methoxy groups -OCH3 is 1. The van der Waals surface area contributed by atoms with Gasteiger partial charge in [-0.15, -0.1) is 0 Å². The molecule has 2 heterocycles. The van der Waals surface area contributed by atoms with Gasteiger partial charge in [0, 0.05) is 29.6 Å². The molecule has 0 bridgehead atoms. The maximum atomic E-state index is 12.7. The van der Waals surface area contributed by atoms with Crippen LogP contribution < -0.4 is 15.0 Å². The number of carbonyl (C=O) groups excluding carboxylic acids is 1. The molecule has 0 spiro atoms. The average Bonchev–Trinajstić information content (AvgIpc) is 3.20. The van der Waals surface area contributed by atoms with Crippen molar-refractivity contribution in [3.05, 3.63) is 65.9 Å². The van der Waals surface area contributed by atoms with Crippen molar-refractivity contribution in [1.82, 2.24) is 10.3 Å². The number of carbonyl (C=O) groups is 1. The lowest BCUT2D eigenvalue weighted by Gasteiger charge is -2.27. The molecule has 0 radical (unpaired) electrons. The molecular weight excluding hydrogens is 374 g/mol. The van der Waals surface area contributed by atoms with Gasteiger partial charge in [-0.25, -0.2) is 0 Å². The van der Waals surface area contributed by atoms with Gasteiger partial charge in [0.15, 0.2) is 6.54 Å². The monoisotopic (exact) mass is 406 g/mol. The van der Waals surface area contributed by atoms with Crippen molar-refractivity contribution in [2.45, 2.75) is 25.7 Å². The number of likely N-dealkylation sites (tertiary alicyclic amines) is 1. The van der Waals surface area contributed by atoms with Gasteiger partial charge in [0.1, 0.15) is 5.75 Å². The van der Waals surface area contributed by atoms with Gasteiger partial charge in [-0.2, -0.15) is 0 Å². The highest BCUT2D eigenvalue weighted by Gasteiger charge is 2.23. The fourth-order valence-corrected chi connectivity index (χ4v) is 4.48. The van der Waals surface area contributed by atoms with Crippen molar-refractivity contribution >= 4 is 16.8 Å². The lowest BCUT2D eigenvalue weighted by molar-refractivity contribution is -0.898. The topological polar surface area (TPSA) is 58.6 Å². The molecule has 5 heteroatoms. The normalized spacial score (nSPS) is 20.1. The Morgan fingerprint density at radius 1 is 1.17 bits per heavy atom. The van der Waals surface area contributed by atoms with Crippen LogP contribution in [-0.2, 0) is 4.79 Å². The molecule has 5 nitrogen and oxygen atoms in total. The summed E-state index contributed by atoms with van der Waals surface area (Å²) in [5.74, 6) is 1.84. The summed E-state index contributed by atoms with van der Waals surface area (Å²) in [6, 6.07) is 16.5. The first-order valence-corrected chi connectivity index (χ1v) is 10.9. The minimum Gasteiger partial charge on any atom is -0.497 e. The lowest BCUT2D eigenvalue weighted by atomic mass is 9.90. The van der Waals surface area contributed by atoms with E-state index in [-0.39, 0.29) is 11.8 Å². The Balaban J connectivity index is 1.51. The summed E-state index contributed by atoms with van der Waals surface area (Å²) in [6.45, 7) is 5.64. The van der Waals surface area contributed by atoms with Crippen LogP contribution in [0.15, 0.2) is 54.7 Å². The van der Waals surface area contributed by atoms with Crippen LogP contribution in [0.5, 0.6) is 5.75 Å². The molecule has 1 fully saturated rings. The number of fused-ring (bicyclic) bond motifs is 1. The van der Waals surface area contributed by atoms with Gasteiger partial charge in [-0.1, -0.05) is 37.3 Å². The number of nitrogens with one attached hydrogen (secondary N) is 3. The minimum atomic E-state index is 0.0763. The third-order valence-electron chi connectivity index (χ3n) is 6.41. The molecule has 0 aliphatic carbocycles. The van der Waals surface area contributed by atoms with Crippen LogP contribution in [0, 0.1) is 5.92 Å². The molecule has 0 saturated carbocycles. The van der Waals surface area contributed by atoms with E-state index in [1.165, 1.54) is 34.3 Å². The van der Waals surface area contributed by atoms with E-state index < -0.39 is 0 Å². The van der Waals surface area contributed by atoms with E-state index in [0.29, 0.717) is 13.1 Å². The zero-order valence-electron chi connectivity index (χ0n) is 17.9. The highest BCUT2D eigenvalue weighted by atomic mass is 16.5. The average molecular weight is 407 g/mol. The molecule has 3 aromatic rings. The van der Waals surface area contributed by atoms with Crippen LogP contribution >= 0.6 is 0 Å². The second-order valence-corrected chi connectivity index (χ2v) is 8.53. The number of aromatic amines is 1. The van der Waals surface area contributed by atoms with Gasteiger partial charge in [0.2, 0.25) is 0 Å². The number of ether oxygens (including phenoxy) is 1. The summed E-state index contributed by atoms with van der Waals surface area (Å²) in [4.78, 5) is 17.5. The van der Waals surface area contributed by atoms with Crippen LogP contribution in [0.2, 0.25) is 0 Å². The Hall–Kier alpha value is -2.79. The fourth-order valence-electron chi connectivity index (χ4n) is 4.48. The molecule has 1 saturated heterocycles. The molecule has 1 aromatic heterocycles. The second kappa shape index (κ2) is 9.35. The number of quaternary nitrogens is 1. The van der Waals surface area contributed by atoms with E-state index in [4.69, 9.17) is 4.74 Å². The number of H-pyrrole nitrogens is 1. The van der Waals surface area contributed by atoms with Gasteiger partial charge in [-0.05, 0) is 48.1 Å². The molecule has 3 N–H and O–H groups in total. The van der Waals surface area contributed by atoms with Crippen molar-refractivity contribution in [2.75, 3.05) is 33.3 Å². The third kappa shape index (κ3) is 4.68. The number of benzene rings is 2. The van der Waals surface area contributed by atoms with E-state index in [1.54, 1.807) is 7.11 Å². The van der Waals surface area contributed by atoms with E-state index in [9.17, 15) is 4.79 Å². The Bertz CT molecular complexity index is 971. The first kappa shape index (κ1) is 20.5. The van der Waals surface area contributed by atoms with Crippen LogP contribution in [-0.4, -0.2) is 44.2 Å². The highest BCUT2D eigenvalue weighted by Crippen LogP contribution is 2.31. The molecule has 1 atom stereocenters. The number of hydrogen-bond donors (Lipinski definition) is 3. The molecule has 4 rings (SSSR count). The van der Waals surface area contributed by atoms with Crippen LogP contribution in [0.4, 0.5) is 0 Å². The lowest BCUT2D eigenvalue weighted by Crippen LogP contribution is -3.14. The highest BCUT2D eigenvalue weighted by molar-refractivity contribution is 5.84. The summed E-state index contributed by atoms with van der Waals surface area (Å²) in [5.41, 5.74) is 3.49. The Kier molecular flexibility index (Phi) is 6.38. The molecule has 1 aliphatic heterocycles. The Labute approximate surface area is 178 Å². The van der Waals surface area contributed by atoms with Gasteiger partial charge in [-0.3, -0.25) is 4.79 Å². The van der Waals surface area contributed by atoms with Crippen LogP contribution in [0.25, 0.3) is 10.9 Å². The molecule has 158 valence electrons. The standard InChI is InChI=1S/C25H31N3O2/c1-18-11-13-28(14-12-18)17-25(29)27-15-22(19-7-9-20(30-2)10-8-19)23-16-26-24-6-4-3-5-21(23)24/h3-10,16,18,22,26H,11-15,17H2,1-2H3,(H,27,29)/p+1/t22-/m1/s1. The number of aromatic nitrogens is 1. The maximum absolute atomic E-state index is 12.7. The summed E-state index contributed by atoms with van der Waals surface area (Å²) >= 11 is 0. The van der Waals surface area contributed by atoms with Crippen molar-refractivity contribution in [2.24, 2.45) is 5.92 Å². The van der Waals surface area contributed by atoms with Gasteiger partial charge >= 0.3 is 0 Å². The predicted molar refractivity (Wildman–Crippen MR) is 120 cm³/mol. The predicted octanol–water partition coefficient (Wildman–Crippen LogP) is 2.74. The molecule has 30 heavy (non-hydrogen) atoms. The largest absolute Gasteiger partial charge is 0.497 e. The number of piperidine rings is 1. The number of amides is 1. The number of rotatable bonds is 7. The number of para-hydroxylation sites is 1. The quantitative estimate of drug-likeness (QED) is 0.565. The van der Waals surface area contributed by atoms with Crippen molar-refractivity contribution in [3.63, 3.8) is 0 Å². The minimum absolute atomic E-state index is 0.0763. The zero-order valence-corrected chi connectivity index (χ0v) is 17.9.